The summed E-state index contributed by atoms with van der Waals surface area (Å²) in [5.41, 5.74) is 5.74. The second-order valence-corrected chi connectivity index (χ2v) is 5.61. The van der Waals surface area contributed by atoms with Crippen molar-refractivity contribution >= 4 is 18.2 Å². The number of aryl methyl sites for hydroxylation is 2. The lowest BCUT2D eigenvalue weighted by Crippen LogP contribution is -2.33. The fraction of sp³-hybridized carbons (Fsp3) is 0.200. The van der Waals surface area contributed by atoms with Crippen LogP contribution in [0.4, 0.5) is 0 Å². The third kappa shape index (κ3) is 5.72. The van der Waals surface area contributed by atoms with Gasteiger partial charge in [-0.2, -0.15) is 5.10 Å². The summed E-state index contributed by atoms with van der Waals surface area (Å²) in [6, 6.07) is 15.7. The molecule has 2 rings (SSSR count). The van der Waals surface area contributed by atoms with Gasteiger partial charge < -0.3 is 4.74 Å². The Balaban J connectivity index is 1.83. The Kier molecular flexibility index (Phi) is 6.32. The minimum Gasteiger partial charge on any atom is -0.481 e. The van der Waals surface area contributed by atoms with Gasteiger partial charge in [0, 0.05) is 6.21 Å². The molecular formula is C20H22N2O2. The fourth-order valence-corrected chi connectivity index (χ4v) is 2.21. The Morgan fingerprint density at radius 3 is 2.46 bits per heavy atom. The average Bonchev–Trinajstić information content (AvgIpc) is 2.54. The van der Waals surface area contributed by atoms with Crippen molar-refractivity contribution in [3.63, 3.8) is 0 Å². The predicted octanol–water partition coefficient (Wildman–Crippen LogP) is 3.89. The molecule has 24 heavy (non-hydrogen) atoms. The van der Waals surface area contributed by atoms with Crippen molar-refractivity contribution in [1.29, 1.82) is 0 Å². The first-order valence-corrected chi connectivity index (χ1v) is 7.84. The van der Waals surface area contributed by atoms with Gasteiger partial charge in [0.2, 0.25) is 0 Å². The molecule has 1 N–H and O–H groups in total. The third-order valence-corrected chi connectivity index (χ3v) is 3.30. The van der Waals surface area contributed by atoms with Gasteiger partial charge >= 0.3 is 0 Å². The Labute approximate surface area is 142 Å². The van der Waals surface area contributed by atoms with Crippen LogP contribution in [-0.2, 0) is 4.79 Å². The summed E-state index contributed by atoms with van der Waals surface area (Å²) in [5.74, 6) is 0.390. The first-order chi connectivity index (χ1) is 11.5. The second kappa shape index (κ2) is 8.67. The highest BCUT2D eigenvalue weighted by Gasteiger charge is 2.14. The molecule has 124 valence electrons. The van der Waals surface area contributed by atoms with E-state index in [1.807, 2.05) is 62.4 Å². The van der Waals surface area contributed by atoms with Crippen LogP contribution in [0.3, 0.4) is 0 Å². The number of nitrogens with zero attached hydrogens (tertiary/aromatic N) is 1. The zero-order valence-electron chi connectivity index (χ0n) is 14.2. The van der Waals surface area contributed by atoms with Crippen molar-refractivity contribution in [2.45, 2.75) is 26.9 Å². The number of hydrogen-bond acceptors (Lipinski definition) is 3. The van der Waals surface area contributed by atoms with E-state index < -0.39 is 6.10 Å². The quantitative estimate of drug-likeness (QED) is 0.648. The summed E-state index contributed by atoms with van der Waals surface area (Å²) in [7, 11) is 0. The maximum Gasteiger partial charge on any atom is 0.280 e. The van der Waals surface area contributed by atoms with Crippen LogP contribution >= 0.6 is 0 Å². The standard InChI is InChI=1S/C20H22N2O2/c1-15-12-16(2)14-19(13-15)24-17(3)20(23)22-21-11-7-10-18-8-5-4-6-9-18/h4-14,17H,1-3H3,(H,22,23)/b10-7+,21-11?. The molecule has 2 aromatic carbocycles. The van der Waals surface area contributed by atoms with Gasteiger partial charge in [-0.05, 0) is 55.7 Å². The molecule has 0 saturated heterocycles. The zero-order valence-corrected chi connectivity index (χ0v) is 14.2. The fourth-order valence-electron chi connectivity index (χ4n) is 2.21. The Bertz CT molecular complexity index is 716. The van der Waals surface area contributed by atoms with Crippen LogP contribution in [0.2, 0.25) is 0 Å². The molecule has 0 heterocycles. The van der Waals surface area contributed by atoms with Crippen LogP contribution in [0.5, 0.6) is 5.75 Å². The van der Waals surface area contributed by atoms with Gasteiger partial charge in [0.05, 0.1) is 0 Å². The lowest BCUT2D eigenvalue weighted by Gasteiger charge is -2.13. The maximum absolute atomic E-state index is 12.0. The number of nitrogens with one attached hydrogen (secondary N) is 1. The molecule has 0 saturated carbocycles. The van der Waals surface area contributed by atoms with Crippen molar-refractivity contribution in [2.24, 2.45) is 5.10 Å². The van der Waals surface area contributed by atoms with Crippen LogP contribution in [0.15, 0.2) is 59.7 Å². The number of rotatable bonds is 6. The summed E-state index contributed by atoms with van der Waals surface area (Å²) >= 11 is 0. The number of benzene rings is 2. The molecule has 1 atom stereocenters. The number of hydrazone groups is 1. The Hall–Kier alpha value is -2.88. The number of ether oxygens (including phenoxy) is 1. The van der Waals surface area contributed by atoms with E-state index >= 15 is 0 Å². The van der Waals surface area contributed by atoms with Crippen molar-refractivity contribution in [1.82, 2.24) is 5.43 Å². The van der Waals surface area contributed by atoms with E-state index in [0.29, 0.717) is 5.75 Å². The Morgan fingerprint density at radius 2 is 1.79 bits per heavy atom. The maximum atomic E-state index is 12.0. The van der Waals surface area contributed by atoms with Gasteiger partial charge in [-0.25, -0.2) is 5.43 Å². The van der Waals surface area contributed by atoms with Crippen LogP contribution in [0, 0.1) is 13.8 Å². The average molecular weight is 322 g/mol. The molecule has 4 nitrogen and oxygen atoms in total. The number of allylic oxidation sites excluding steroid dienone is 1. The zero-order chi connectivity index (χ0) is 17.4. The van der Waals surface area contributed by atoms with Gasteiger partial charge in [0.25, 0.3) is 5.91 Å². The van der Waals surface area contributed by atoms with E-state index in [0.717, 1.165) is 16.7 Å². The lowest BCUT2D eigenvalue weighted by molar-refractivity contribution is -0.127. The molecule has 0 radical (unpaired) electrons. The monoisotopic (exact) mass is 322 g/mol. The molecule has 4 heteroatoms. The largest absolute Gasteiger partial charge is 0.481 e. The molecule has 0 aliphatic rings. The summed E-state index contributed by atoms with van der Waals surface area (Å²) < 4.78 is 5.66. The molecule has 2 aromatic rings. The number of carbonyl (C=O) groups excluding carboxylic acids is 1. The first-order valence-electron chi connectivity index (χ1n) is 7.84. The molecule has 1 unspecified atom stereocenters. The van der Waals surface area contributed by atoms with Crippen molar-refractivity contribution in [2.75, 3.05) is 0 Å². The second-order valence-electron chi connectivity index (χ2n) is 5.61. The minimum atomic E-state index is -0.624. The molecule has 0 aromatic heterocycles. The van der Waals surface area contributed by atoms with Crippen LogP contribution in [0.25, 0.3) is 6.08 Å². The lowest BCUT2D eigenvalue weighted by atomic mass is 10.1. The molecule has 0 bridgehead atoms. The molecule has 0 aliphatic heterocycles. The normalized spacial score (nSPS) is 12.5. The summed E-state index contributed by atoms with van der Waals surface area (Å²) in [6.45, 7) is 5.68. The van der Waals surface area contributed by atoms with Crippen LogP contribution < -0.4 is 10.2 Å². The van der Waals surface area contributed by atoms with Gasteiger partial charge in [0.15, 0.2) is 6.10 Å². The van der Waals surface area contributed by atoms with Crippen molar-refractivity contribution in [3.05, 3.63) is 71.3 Å². The molecule has 0 spiro atoms. The Morgan fingerprint density at radius 1 is 1.12 bits per heavy atom. The minimum absolute atomic E-state index is 0.293. The molecule has 0 aliphatic carbocycles. The predicted molar refractivity (Wildman–Crippen MR) is 98.1 cm³/mol. The summed E-state index contributed by atoms with van der Waals surface area (Å²) in [6.07, 6.45) is 4.59. The van der Waals surface area contributed by atoms with Gasteiger partial charge in [0.1, 0.15) is 5.75 Å². The van der Waals surface area contributed by atoms with E-state index in [1.54, 1.807) is 13.0 Å². The highest BCUT2D eigenvalue weighted by Crippen LogP contribution is 2.17. The number of amides is 1. The smallest absolute Gasteiger partial charge is 0.280 e. The topological polar surface area (TPSA) is 50.7 Å². The van der Waals surface area contributed by atoms with Gasteiger partial charge in [-0.3, -0.25) is 4.79 Å². The van der Waals surface area contributed by atoms with Gasteiger partial charge in [-0.15, -0.1) is 0 Å². The van der Waals surface area contributed by atoms with E-state index in [4.69, 9.17) is 4.74 Å². The SMILES string of the molecule is Cc1cc(C)cc(OC(C)C(=O)NN=C/C=C/c2ccccc2)c1. The molecule has 1 amide bonds. The van der Waals surface area contributed by atoms with Crippen LogP contribution in [-0.4, -0.2) is 18.2 Å². The van der Waals surface area contributed by atoms with Gasteiger partial charge in [-0.1, -0.05) is 42.5 Å². The third-order valence-electron chi connectivity index (χ3n) is 3.30. The van der Waals surface area contributed by atoms with E-state index in [9.17, 15) is 4.79 Å². The molecule has 0 fully saturated rings. The van der Waals surface area contributed by atoms with E-state index in [2.05, 4.69) is 16.6 Å². The first kappa shape index (κ1) is 17.5. The summed E-state index contributed by atoms with van der Waals surface area (Å²) in [4.78, 5) is 12.0. The van der Waals surface area contributed by atoms with E-state index in [1.165, 1.54) is 6.21 Å². The number of hydrogen-bond donors (Lipinski definition) is 1. The van der Waals surface area contributed by atoms with Crippen molar-refractivity contribution < 1.29 is 9.53 Å². The number of carbonyl (C=O) groups is 1. The summed E-state index contributed by atoms with van der Waals surface area (Å²) in [5, 5.41) is 3.89. The molecular weight excluding hydrogens is 300 g/mol. The van der Waals surface area contributed by atoms with Crippen LogP contribution in [0.1, 0.15) is 23.6 Å². The van der Waals surface area contributed by atoms with Crippen molar-refractivity contribution in [3.8, 4) is 5.75 Å². The van der Waals surface area contributed by atoms with E-state index in [-0.39, 0.29) is 5.91 Å². The highest BCUT2D eigenvalue weighted by molar-refractivity contribution is 5.83. The highest BCUT2D eigenvalue weighted by atomic mass is 16.5.